The van der Waals surface area contributed by atoms with Crippen molar-refractivity contribution in [1.29, 1.82) is 0 Å². The second-order valence-electron chi connectivity index (χ2n) is 4.75. The van der Waals surface area contributed by atoms with Gasteiger partial charge in [-0.2, -0.15) is 0 Å². The lowest BCUT2D eigenvalue weighted by Crippen LogP contribution is -2.43. The number of halogens is 4. The summed E-state index contributed by atoms with van der Waals surface area (Å²) >= 11 is 17.5. The van der Waals surface area contributed by atoms with Crippen molar-refractivity contribution in [3.05, 3.63) is 57.3 Å². The molecular formula is C14H11Cl3FN3O3S. The predicted octanol–water partition coefficient (Wildman–Crippen LogP) is 2.97. The third kappa shape index (κ3) is 4.34. The van der Waals surface area contributed by atoms with Crippen molar-refractivity contribution in [2.24, 2.45) is 5.84 Å². The summed E-state index contributed by atoms with van der Waals surface area (Å²) < 4.78 is 40.0. The molecule has 0 atom stereocenters. The quantitative estimate of drug-likeness (QED) is 0.437. The lowest BCUT2D eigenvalue weighted by Gasteiger charge is -2.24. The molecule has 0 aliphatic rings. The number of nitrogens with two attached hydrogens (primary N) is 1. The molecule has 2 rings (SSSR count). The molecule has 2 aromatic carbocycles. The fraction of sp³-hybridized carbons (Fsp3) is 0.0714. The summed E-state index contributed by atoms with van der Waals surface area (Å²) in [6.45, 7) is -0.677. The van der Waals surface area contributed by atoms with E-state index in [2.05, 4.69) is 0 Å². The summed E-state index contributed by atoms with van der Waals surface area (Å²) in [6.07, 6.45) is 0. The number of hydrogen-bond donors (Lipinski definition) is 2. The van der Waals surface area contributed by atoms with Crippen molar-refractivity contribution in [1.82, 2.24) is 5.43 Å². The van der Waals surface area contributed by atoms with Gasteiger partial charge in [0.25, 0.3) is 15.9 Å². The van der Waals surface area contributed by atoms with Crippen molar-refractivity contribution in [3.63, 3.8) is 0 Å². The van der Waals surface area contributed by atoms with Crippen LogP contribution in [0.1, 0.15) is 0 Å². The summed E-state index contributed by atoms with van der Waals surface area (Å²) in [6, 6.07) is 7.04. The number of carbonyl (C=O) groups excluding carboxylic acids is 1. The topological polar surface area (TPSA) is 92.5 Å². The van der Waals surface area contributed by atoms with Gasteiger partial charge in [-0.1, -0.05) is 34.8 Å². The smallest absolute Gasteiger partial charge is 0.266 e. The van der Waals surface area contributed by atoms with E-state index >= 15 is 0 Å². The average molecular weight is 427 g/mol. The van der Waals surface area contributed by atoms with Crippen molar-refractivity contribution in [2.45, 2.75) is 4.90 Å². The number of sulfonamides is 1. The van der Waals surface area contributed by atoms with E-state index in [1.54, 1.807) is 0 Å². The van der Waals surface area contributed by atoms with Gasteiger partial charge in [-0.25, -0.2) is 18.7 Å². The van der Waals surface area contributed by atoms with Crippen LogP contribution in [0.25, 0.3) is 0 Å². The first-order valence-corrected chi connectivity index (χ1v) is 9.16. The first kappa shape index (κ1) is 19.7. The lowest BCUT2D eigenvalue weighted by atomic mass is 10.3. The Hall–Kier alpha value is -1.58. The fourth-order valence-electron chi connectivity index (χ4n) is 1.92. The number of hydrazine groups is 1. The predicted molar refractivity (Wildman–Crippen MR) is 94.7 cm³/mol. The minimum absolute atomic E-state index is 0.0500. The molecule has 0 spiro atoms. The number of hydrogen-bond acceptors (Lipinski definition) is 4. The maximum Gasteiger partial charge on any atom is 0.266 e. The summed E-state index contributed by atoms with van der Waals surface area (Å²) in [5, 5.41) is -0.290. The zero-order valence-electron chi connectivity index (χ0n) is 12.3. The second-order valence-corrected chi connectivity index (χ2v) is 7.83. The van der Waals surface area contributed by atoms with Crippen molar-refractivity contribution >= 4 is 56.4 Å². The highest BCUT2D eigenvalue weighted by Gasteiger charge is 2.29. The Bertz CT molecular complexity index is 925. The molecule has 0 radical (unpaired) electrons. The minimum Gasteiger partial charge on any atom is -0.293 e. The van der Waals surface area contributed by atoms with Crippen LogP contribution in [0.4, 0.5) is 10.1 Å². The van der Waals surface area contributed by atoms with Crippen LogP contribution in [-0.2, 0) is 14.8 Å². The summed E-state index contributed by atoms with van der Waals surface area (Å²) in [5.74, 6) is 3.49. The molecule has 0 unspecified atom stereocenters. The molecule has 1 amide bonds. The molecule has 0 fully saturated rings. The monoisotopic (exact) mass is 425 g/mol. The van der Waals surface area contributed by atoms with Gasteiger partial charge in [-0.05, 0) is 36.4 Å². The first-order chi connectivity index (χ1) is 11.7. The fourth-order valence-corrected chi connectivity index (χ4v) is 4.25. The molecule has 0 aromatic heterocycles. The number of nitrogens with zero attached hydrogens (tertiary/aromatic N) is 1. The normalized spacial score (nSPS) is 11.2. The lowest BCUT2D eigenvalue weighted by molar-refractivity contribution is -0.119. The molecule has 0 aliphatic carbocycles. The third-order valence-corrected chi connectivity index (χ3v) is 5.88. The molecular weight excluding hydrogens is 416 g/mol. The molecule has 3 N–H and O–H groups in total. The van der Waals surface area contributed by atoms with Gasteiger partial charge in [0, 0.05) is 5.02 Å². The van der Waals surface area contributed by atoms with E-state index in [4.69, 9.17) is 40.6 Å². The van der Waals surface area contributed by atoms with E-state index in [0.717, 1.165) is 24.3 Å². The van der Waals surface area contributed by atoms with Gasteiger partial charge in [-0.3, -0.25) is 14.5 Å². The molecule has 0 saturated carbocycles. The van der Waals surface area contributed by atoms with E-state index in [-0.39, 0.29) is 25.7 Å². The minimum atomic E-state index is -4.32. The summed E-state index contributed by atoms with van der Waals surface area (Å²) in [5.41, 5.74) is 1.78. The van der Waals surface area contributed by atoms with E-state index < -0.39 is 28.3 Å². The van der Waals surface area contributed by atoms with Crippen LogP contribution >= 0.6 is 34.8 Å². The van der Waals surface area contributed by atoms with E-state index in [0.29, 0.717) is 4.31 Å². The Balaban J connectivity index is 2.63. The summed E-state index contributed by atoms with van der Waals surface area (Å²) in [7, 11) is -4.32. The Labute approximate surface area is 158 Å². The van der Waals surface area contributed by atoms with Gasteiger partial charge < -0.3 is 0 Å². The van der Waals surface area contributed by atoms with Gasteiger partial charge in [0.15, 0.2) is 0 Å². The molecule has 0 saturated heterocycles. The maximum atomic E-state index is 13.4. The van der Waals surface area contributed by atoms with Gasteiger partial charge in [0.2, 0.25) is 0 Å². The number of amides is 1. The van der Waals surface area contributed by atoms with Crippen LogP contribution in [0.5, 0.6) is 0 Å². The zero-order valence-corrected chi connectivity index (χ0v) is 15.4. The zero-order chi connectivity index (χ0) is 18.8. The van der Waals surface area contributed by atoms with Gasteiger partial charge >= 0.3 is 0 Å². The number of nitrogens with one attached hydrogen (secondary N) is 1. The Morgan fingerprint density at radius 2 is 1.80 bits per heavy atom. The maximum absolute atomic E-state index is 13.4. The molecule has 0 bridgehead atoms. The highest BCUT2D eigenvalue weighted by atomic mass is 35.5. The largest absolute Gasteiger partial charge is 0.293 e. The third-order valence-electron chi connectivity index (χ3n) is 3.10. The Morgan fingerprint density at radius 1 is 1.12 bits per heavy atom. The number of benzene rings is 2. The van der Waals surface area contributed by atoms with E-state index in [1.165, 1.54) is 12.1 Å². The summed E-state index contributed by atoms with van der Waals surface area (Å²) in [4.78, 5) is 11.3. The van der Waals surface area contributed by atoms with Crippen LogP contribution < -0.4 is 15.6 Å². The van der Waals surface area contributed by atoms with Crippen molar-refractivity contribution in [3.8, 4) is 0 Å². The molecule has 0 heterocycles. The highest BCUT2D eigenvalue weighted by Crippen LogP contribution is 2.32. The van der Waals surface area contributed by atoms with Gasteiger partial charge in [0.05, 0.1) is 15.7 Å². The van der Waals surface area contributed by atoms with Crippen LogP contribution in [0.3, 0.4) is 0 Å². The molecule has 11 heteroatoms. The number of rotatable bonds is 5. The number of carbonyl (C=O) groups is 1. The van der Waals surface area contributed by atoms with Crippen LogP contribution in [-0.4, -0.2) is 20.9 Å². The van der Waals surface area contributed by atoms with Gasteiger partial charge in [-0.15, -0.1) is 0 Å². The molecule has 25 heavy (non-hydrogen) atoms. The van der Waals surface area contributed by atoms with Crippen molar-refractivity contribution < 1.29 is 17.6 Å². The molecule has 134 valence electrons. The molecule has 2 aromatic rings. The molecule has 0 aliphatic heterocycles. The van der Waals surface area contributed by atoms with Crippen LogP contribution in [0.2, 0.25) is 15.1 Å². The molecule has 6 nitrogen and oxygen atoms in total. The Morgan fingerprint density at radius 3 is 2.40 bits per heavy atom. The average Bonchev–Trinajstić information content (AvgIpc) is 2.57. The van der Waals surface area contributed by atoms with E-state index in [9.17, 15) is 17.6 Å². The highest BCUT2D eigenvalue weighted by molar-refractivity contribution is 7.93. The van der Waals surface area contributed by atoms with Crippen molar-refractivity contribution in [2.75, 3.05) is 10.8 Å². The second kappa shape index (κ2) is 7.76. The first-order valence-electron chi connectivity index (χ1n) is 6.59. The van der Waals surface area contributed by atoms with Crippen LogP contribution in [0.15, 0.2) is 41.3 Å². The SMILES string of the molecule is NNC(=O)CN(c1ccc(F)c(Cl)c1)S(=O)(=O)c1cc(Cl)ccc1Cl. The van der Waals surface area contributed by atoms with Crippen LogP contribution in [0, 0.1) is 5.82 Å². The van der Waals surface area contributed by atoms with E-state index in [1.807, 2.05) is 5.43 Å². The Kier molecular flexibility index (Phi) is 6.12. The standard InChI is InChI=1S/C14H11Cl3FN3O3S/c15-8-1-3-10(16)13(5-8)25(23,24)21(7-14(22)20-19)9-2-4-12(18)11(17)6-9/h1-6H,7,19H2,(H,20,22). The van der Waals surface area contributed by atoms with Gasteiger partial charge in [0.1, 0.15) is 17.3 Å². The number of anilines is 1.